The third-order valence-electron chi connectivity index (χ3n) is 4.22. The van der Waals surface area contributed by atoms with Crippen LogP contribution in [0.3, 0.4) is 0 Å². The van der Waals surface area contributed by atoms with Crippen LogP contribution in [0.25, 0.3) is 0 Å². The van der Waals surface area contributed by atoms with E-state index in [-0.39, 0.29) is 18.5 Å². The van der Waals surface area contributed by atoms with Crippen LogP contribution in [-0.4, -0.2) is 31.7 Å². The number of ether oxygens (including phenoxy) is 4. The minimum absolute atomic E-state index is 0.0208. The van der Waals surface area contributed by atoms with Gasteiger partial charge >= 0.3 is 0 Å². The molecule has 1 aliphatic heterocycles. The minimum Gasteiger partial charge on any atom is -0.374 e. The SMILES string of the molecule is CCOC1C[C@@H](OCc2ccccc2)[C@@H](COCc2ccccc2)O1. The Bertz CT molecular complexity index is 602. The first-order valence-electron chi connectivity index (χ1n) is 8.89. The smallest absolute Gasteiger partial charge is 0.160 e. The summed E-state index contributed by atoms with van der Waals surface area (Å²) in [6.07, 6.45) is 0.396. The molecule has 0 spiro atoms. The van der Waals surface area contributed by atoms with Gasteiger partial charge in [-0.15, -0.1) is 0 Å². The lowest BCUT2D eigenvalue weighted by molar-refractivity contribution is -0.148. The molecule has 1 fully saturated rings. The van der Waals surface area contributed by atoms with E-state index >= 15 is 0 Å². The van der Waals surface area contributed by atoms with Gasteiger partial charge in [-0.25, -0.2) is 0 Å². The molecule has 0 radical (unpaired) electrons. The van der Waals surface area contributed by atoms with Gasteiger partial charge in [0.2, 0.25) is 0 Å². The lowest BCUT2D eigenvalue weighted by Crippen LogP contribution is -2.29. The van der Waals surface area contributed by atoms with Gasteiger partial charge in [-0.3, -0.25) is 0 Å². The highest BCUT2D eigenvalue weighted by molar-refractivity contribution is 5.14. The van der Waals surface area contributed by atoms with E-state index < -0.39 is 0 Å². The molecule has 2 aromatic rings. The minimum atomic E-state index is -0.212. The Morgan fingerprint density at radius 2 is 1.52 bits per heavy atom. The molecule has 0 aromatic heterocycles. The summed E-state index contributed by atoms with van der Waals surface area (Å²) in [7, 11) is 0. The molecule has 1 saturated heterocycles. The van der Waals surface area contributed by atoms with Crippen LogP contribution in [0.1, 0.15) is 24.5 Å². The number of hydrogen-bond donors (Lipinski definition) is 0. The molecule has 0 amide bonds. The zero-order valence-corrected chi connectivity index (χ0v) is 14.7. The Balaban J connectivity index is 1.50. The molecule has 0 bridgehead atoms. The predicted octanol–water partition coefficient (Wildman–Crippen LogP) is 3.94. The average molecular weight is 342 g/mol. The summed E-state index contributed by atoms with van der Waals surface area (Å²) in [5, 5.41) is 0. The van der Waals surface area contributed by atoms with Gasteiger partial charge in [0.25, 0.3) is 0 Å². The third-order valence-corrected chi connectivity index (χ3v) is 4.22. The van der Waals surface area contributed by atoms with Crippen LogP contribution >= 0.6 is 0 Å². The molecule has 1 heterocycles. The third kappa shape index (κ3) is 5.65. The van der Waals surface area contributed by atoms with Crippen molar-refractivity contribution in [1.29, 1.82) is 0 Å². The van der Waals surface area contributed by atoms with Gasteiger partial charge in [0.1, 0.15) is 6.10 Å². The number of hydrogen-bond acceptors (Lipinski definition) is 4. The molecule has 25 heavy (non-hydrogen) atoms. The highest BCUT2D eigenvalue weighted by Crippen LogP contribution is 2.25. The van der Waals surface area contributed by atoms with Gasteiger partial charge in [-0.05, 0) is 18.1 Å². The Morgan fingerprint density at radius 3 is 2.16 bits per heavy atom. The van der Waals surface area contributed by atoms with E-state index in [4.69, 9.17) is 18.9 Å². The van der Waals surface area contributed by atoms with E-state index in [2.05, 4.69) is 24.3 Å². The number of benzene rings is 2. The normalized spacial score (nSPS) is 23.0. The summed E-state index contributed by atoms with van der Waals surface area (Å²) >= 11 is 0. The first kappa shape index (κ1) is 18.1. The summed E-state index contributed by atoms with van der Waals surface area (Å²) in [5.41, 5.74) is 2.31. The van der Waals surface area contributed by atoms with Crippen molar-refractivity contribution in [3.05, 3.63) is 71.8 Å². The maximum absolute atomic E-state index is 6.10. The van der Waals surface area contributed by atoms with E-state index in [0.717, 1.165) is 17.5 Å². The molecule has 1 unspecified atom stereocenters. The summed E-state index contributed by atoms with van der Waals surface area (Å²) < 4.78 is 23.5. The summed E-state index contributed by atoms with van der Waals surface area (Å²) in [6.45, 7) is 4.25. The topological polar surface area (TPSA) is 36.9 Å². The van der Waals surface area contributed by atoms with Gasteiger partial charge in [0.15, 0.2) is 6.29 Å². The number of rotatable bonds is 9. The van der Waals surface area contributed by atoms with Gasteiger partial charge < -0.3 is 18.9 Å². The molecule has 3 atom stereocenters. The highest BCUT2D eigenvalue weighted by atomic mass is 16.7. The Kier molecular flexibility index (Phi) is 7.00. The summed E-state index contributed by atoms with van der Waals surface area (Å²) in [5.74, 6) is 0. The van der Waals surface area contributed by atoms with Crippen LogP contribution in [0.4, 0.5) is 0 Å². The van der Waals surface area contributed by atoms with E-state index in [9.17, 15) is 0 Å². The molecule has 0 aliphatic carbocycles. The molecular formula is C21H26O4. The van der Waals surface area contributed by atoms with Crippen LogP contribution in [0.2, 0.25) is 0 Å². The fourth-order valence-corrected chi connectivity index (χ4v) is 2.94. The van der Waals surface area contributed by atoms with Gasteiger partial charge in [-0.2, -0.15) is 0 Å². The average Bonchev–Trinajstić information content (AvgIpc) is 3.04. The Morgan fingerprint density at radius 1 is 0.880 bits per heavy atom. The fraction of sp³-hybridized carbons (Fsp3) is 0.429. The van der Waals surface area contributed by atoms with Crippen molar-refractivity contribution < 1.29 is 18.9 Å². The van der Waals surface area contributed by atoms with Crippen molar-refractivity contribution in [3.63, 3.8) is 0 Å². The van der Waals surface area contributed by atoms with Crippen molar-refractivity contribution in [3.8, 4) is 0 Å². The van der Waals surface area contributed by atoms with Crippen LogP contribution in [0.5, 0.6) is 0 Å². The van der Waals surface area contributed by atoms with E-state index in [0.29, 0.717) is 26.4 Å². The molecule has 4 nitrogen and oxygen atoms in total. The summed E-state index contributed by atoms with van der Waals surface area (Å²) in [4.78, 5) is 0. The molecular weight excluding hydrogens is 316 g/mol. The van der Waals surface area contributed by atoms with Crippen molar-refractivity contribution in [2.45, 2.75) is 45.1 Å². The quantitative estimate of drug-likeness (QED) is 0.692. The van der Waals surface area contributed by atoms with Crippen LogP contribution in [0.15, 0.2) is 60.7 Å². The largest absolute Gasteiger partial charge is 0.374 e. The molecule has 134 valence electrons. The first-order chi connectivity index (χ1) is 12.3. The Hall–Kier alpha value is -1.72. The second-order valence-corrected chi connectivity index (χ2v) is 6.13. The molecule has 0 N–H and O–H groups in total. The Labute approximate surface area is 149 Å². The zero-order valence-electron chi connectivity index (χ0n) is 14.7. The summed E-state index contributed by atoms with van der Waals surface area (Å²) in [6, 6.07) is 20.3. The van der Waals surface area contributed by atoms with Crippen LogP contribution < -0.4 is 0 Å². The van der Waals surface area contributed by atoms with Crippen LogP contribution in [0, 0.1) is 0 Å². The van der Waals surface area contributed by atoms with Gasteiger partial charge in [0, 0.05) is 13.0 Å². The first-order valence-corrected chi connectivity index (χ1v) is 8.89. The molecule has 4 heteroatoms. The van der Waals surface area contributed by atoms with Crippen molar-refractivity contribution in [2.24, 2.45) is 0 Å². The highest BCUT2D eigenvalue weighted by Gasteiger charge is 2.36. The van der Waals surface area contributed by atoms with Crippen molar-refractivity contribution in [2.75, 3.05) is 13.2 Å². The van der Waals surface area contributed by atoms with Crippen LogP contribution in [-0.2, 0) is 32.2 Å². The van der Waals surface area contributed by atoms with Gasteiger partial charge in [-0.1, -0.05) is 60.7 Å². The van der Waals surface area contributed by atoms with E-state index in [1.165, 1.54) is 0 Å². The van der Waals surface area contributed by atoms with Crippen molar-refractivity contribution >= 4 is 0 Å². The fourth-order valence-electron chi connectivity index (χ4n) is 2.94. The molecule has 1 aliphatic rings. The van der Waals surface area contributed by atoms with Gasteiger partial charge in [0.05, 0.1) is 25.9 Å². The van der Waals surface area contributed by atoms with E-state index in [1.807, 2.05) is 43.3 Å². The molecule has 2 aromatic carbocycles. The molecule has 0 saturated carbocycles. The maximum Gasteiger partial charge on any atom is 0.160 e. The lowest BCUT2D eigenvalue weighted by Gasteiger charge is -2.19. The second-order valence-electron chi connectivity index (χ2n) is 6.13. The maximum atomic E-state index is 6.10. The molecule has 3 rings (SSSR count). The standard InChI is InChI=1S/C21H26O4/c1-2-23-21-13-19(24-15-18-11-7-4-8-12-18)20(25-21)16-22-14-17-9-5-3-6-10-17/h3-12,19-21H,2,13-16H2,1H3/t19-,20-,21?/m1/s1. The lowest BCUT2D eigenvalue weighted by atomic mass is 10.2. The zero-order chi connectivity index (χ0) is 17.3. The monoisotopic (exact) mass is 342 g/mol. The predicted molar refractivity (Wildman–Crippen MR) is 96.0 cm³/mol. The van der Waals surface area contributed by atoms with Crippen molar-refractivity contribution in [1.82, 2.24) is 0 Å². The second kappa shape index (κ2) is 9.68. The van der Waals surface area contributed by atoms with E-state index in [1.54, 1.807) is 0 Å².